The van der Waals surface area contributed by atoms with Gasteiger partial charge in [-0.3, -0.25) is 0 Å². The number of nitrogens with one attached hydrogen (secondary N) is 1. The van der Waals surface area contributed by atoms with E-state index in [1.165, 1.54) is 6.07 Å². The Hall–Kier alpha value is -1.27. The van der Waals surface area contributed by atoms with Gasteiger partial charge < -0.3 is 11.1 Å². The van der Waals surface area contributed by atoms with E-state index in [4.69, 9.17) is 10.9 Å². The molecule has 0 radical (unpaired) electrons. The van der Waals surface area contributed by atoms with Crippen molar-refractivity contribution in [3.8, 4) is 0 Å². The molecule has 0 amide bonds. The van der Waals surface area contributed by atoms with Gasteiger partial charge in [-0.2, -0.15) is 0 Å². The van der Waals surface area contributed by atoms with Gasteiger partial charge in [0.2, 0.25) is 10.0 Å². The summed E-state index contributed by atoms with van der Waals surface area (Å²) in [7, 11) is -3.73. The first kappa shape index (κ1) is 11.2. The van der Waals surface area contributed by atoms with E-state index in [0.29, 0.717) is 12.0 Å². The van der Waals surface area contributed by atoms with Crippen molar-refractivity contribution in [1.82, 2.24) is 0 Å². The van der Waals surface area contributed by atoms with Crippen LogP contribution in [0.15, 0.2) is 23.1 Å². The SMILES string of the molecule is CC1CC1Nc1ccc(S(N)(=O)=O)c(N)c1. The number of nitrogens with two attached hydrogens (primary N) is 2. The third kappa shape index (κ3) is 2.28. The molecule has 1 aliphatic carbocycles. The zero-order chi connectivity index (χ0) is 11.9. The van der Waals surface area contributed by atoms with Crippen LogP contribution in [0.3, 0.4) is 0 Å². The monoisotopic (exact) mass is 241 g/mol. The highest BCUT2D eigenvalue weighted by Gasteiger charge is 2.32. The van der Waals surface area contributed by atoms with Crippen molar-refractivity contribution in [3.63, 3.8) is 0 Å². The first-order valence-electron chi connectivity index (χ1n) is 5.07. The highest BCUT2D eigenvalue weighted by atomic mass is 32.2. The van der Waals surface area contributed by atoms with Gasteiger partial charge in [-0.25, -0.2) is 13.6 Å². The van der Waals surface area contributed by atoms with E-state index >= 15 is 0 Å². The van der Waals surface area contributed by atoms with Crippen LogP contribution in [0.4, 0.5) is 11.4 Å². The Morgan fingerprint density at radius 2 is 2.06 bits per heavy atom. The van der Waals surface area contributed by atoms with Gasteiger partial charge in [-0.05, 0) is 30.5 Å². The molecule has 2 unspecified atom stereocenters. The number of hydrogen-bond donors (Lipinski definition) is 3. The van der Waals surface area contributed by atoms with Crippen LogP contribution in [0.1, 0.15) is 13.3 Å². The average Bonchev–Trinajstić information content (AvgIpc) is 2.79. The number of hydrogen-bond acceptors (Lipinski definition) is 4. The van der Waals surface area contributed by atoms with Crippen molar-refractivity contribution in [1.29, 1.82) is 0 Å². The maximum absolute atomic E-state index is 11.1. The summed E-state index contributed by atoms with van der Waals surface area (Å²) in [6, 6.07) is 5.19. The highest BCUT2D eigenvalue weighted by Crippen LogP contribution is 2.33. The Morgan fingerprint density at radius 1 is 1.44 bits per heavy atom. The van der Waals surface area contributed by atoms with E-state index in [1.54, 1.807) is 12.1 Å². The predicted molar refractivity (Wildman–Crippen MR) is 63.4 cm³/mol. The summed E-state index contributed by atoms with van der Waals surface area (Å²) in [5, 5.41) is 8.28. The third-order valence-corrected chi connectivity index (χ3v) is 3.76. The van der Waals surface area contributed by atoms with Crippen molar-refractivity contribution in [3.05, 3.63) is 18.2 Å². The van der Waals surface area contributed by atoms with E-state index in [9.17, 15) is 8.42 Å². The average molecular weight is 241 g/mol. The van der Waals surface area contributed by atoms with Crippen LogP contribution in [-0.4, -0.2) is 14.5 Å². The summed E-state index contributed by atoms with van der Waals surface area (Å²) >= 11 is 0. The van der Waals surface area contributed by atoms with Crippen molar-refractivity contribution >= 4 is 21.4 Å². The lowest BCUT2D eigenvalue weighted by atomic mass is 10.3. The summed E-state index contributed by atoms with van der Waals surface area (Å²) in [6.07, 6.45) is 1.14. The Kier molecular flexibility index (Phi) is 2.55. The lowest BCUT2D eigenvalue weighted by molar-refractivity contribution is 0.598. The van der Waals surface area contributed by atoms with Crippen molar-refractivity contribution in [2.24, 2.45) is 11.1 Å². The van der Waals surface area contributed by atoms with Gasteiger partial charge in [0, 0.05) is 11.7 Å². The van der Waals surface area contributed by atoms with Crippen LogP contribution < -0.4 is 16.2 Å². The van der Waals surface area contributed by atoms with E-state index < -0.39 is 10.0 Å². The summed E-state index contributed by atoms with van der Waals surface area (Å²) in [4.78, 5) is -0.0260. The summed E-state index contributed by atoms with van der Waals surface area (Å²) in [6.45, 7) is 2.15. The third-order valence-electron chi connectivity index (χ3n) is 2.78. The summed E-state index contributed by atoms with van der Waals surface area (Å²) in [5.41, 5.74) is 6.65. The fraction of sp³-hybridized carbons (Fsp3) is 0.400. The lowest BCUT2D eigenvalue weighted by Crippen LogP contribution is -2.14. The number of benzene rings is 1. The number of nitrogen functional groups attached to an aromatic ring is 1. The number of sulfonamides is 1. The van der Waals surface area contributed by atoms with E-state index in [2.05, 4.69) is 12.2 Å². The molecule has 1 aromatic carbocycles. The molecule has 0 heterocycles. The molecule has 1 aliphatic rings. The fourth-order valence-electron chi connectivity index (χ4n) is 1.63. The van der Waals surface area contributed by atoms with Crippen LogP contribution in [0.25, 0.3) is 0 Å². The van der Waals surface area contributed by atoms with Crippen molar-refractivity contribution in [2.75, 3.05) is 11.1 Å². The maximum Gasteiger partial charge on any atom is 0.240 e. The van der Waals surface area contributed by atoms with Crippen LogP contribution in [0.2, 0.25) is 0 Å². The molecule has 0 bridgehead atoms. The zero-order valence-corrected chi connectivity index (χ0v) is 9.79. The number of rotatable bonds is 3. The smallest absolute Gasteiger partial charge is 0.240 e. The standard InChI is InChI=1S/C10H15N3O2S/c1-6-4-9(6)13-7-2-3-10(8(11)5-7)16(12,14)15/h2-3,5-6,9,13H,4,11H2,1H3,(H2,12,14,15). The molecule has 16 heavy (non-hydrogen) atoms. The molecular weight excluding hydrogens is 226 g/mol. The van der Waals surface area contributed by atoms with Gasteiger partial charge in [0.25, 0.3) is 0 Å². The van der Waals surface area contributed by atoms with Crippen LogP contribution in [0.5, 0.6) is 0 Å². The minimum Gasteiger partial charge on any atom is -0.398 e. The molecule has 0 aliphatic heterocycles. The Labute approximate surface area is 94.9 Å². The molecule has 1 saturated carbocycles. The highest BCUT2D eigenvalue weighted by molar-refractivity contribution is 7.89. The molecule has 2 rings (SSSR count). The van der Waals surface area contributed by atoms with Gasteiger partial charge in [0.15, 0.2) is 0 Å². The second-order valence-corrected chi connectivity index (χ2v) is 5.79. The zero-order valence-electron chi connectivity index (χ0n) is 8.97. The number of anilines is 2. The molecule has 6 heteroatoms. The van der Waals surface area contributed by atoms with Crippen LogP contribution in [0, 0.1) is 5.92 Å². The second kappa shape index (κ2) is 3.64. The molecule has 5 nitrogen and oxygen atoms in total. The molecule has 2 atom stereocenters. The van der Waals surface area contributed by atoms with Crippen molar-refractivity contribution in [2.45, 2.75) is 24.3 Å². The topological polar surface area (TPSA) is 98.2 Å². The van der Waals surface area contributed by atoms with Crippen molar-refractivity contribution < 1.29 is 8.42 Å². The molecule has 88 valence electrons. The minimum absolute atomic E-state index is 0.0260. The minimum atomic E-state index is -3.73. The normalized spacial score (nSPS) is 24.1. The first-order valence-corrected chi connectivity index (χ1v) is 6.61. The largest absolute Gasteiger partial charge is 0.398 e. The van der Waals surface area contributed by atoms with E-state index in [-0.39, 0.29) is 10.6 Å². The fourth-order valence-corrected chi connectivity index (χ4v) is 2.28. The van der Waals surface area contributed by atoms with Gasteiger partial charge in [0.1, 0.15) is 4.90 Å². The first-order chi connectivity index (χ1) is 7.38. The van der Waals surface area contributed by atoms with Gasteiger partial charge >= 0.3 is 0 Å². The predicted octanol–water partition coefficient (Wildman–Crippen LogP) is 0.737. The lowest BCUT2D eigenvalue weighted by Gasteiger charge is -2.08. The van der Waals surface area contributed by atoms with E-state index in [0.717, 1.165) is 12.1 Å². The Balaban J connectivity index is 2.23. The van der Waals surface area contributed by atoms with E-state index in [1.807, 2.05) is 0 Å². The molecular formula is C10H15N3O2S. The van der Waals surface area contributed by atoms with Crippen LogP contribution in [-0.2, 0) is 10.0 Å². The maximum atomic E-state index is 11.1. The summed E-state index contributed by atoms with van der Waals surface area (Å²) in [5.74, 6) is 0.666. The Morgan fingerprint density at radius 3 is 2.50 bits per heavy atom. The quantitative estimate of drug-likeness (QED) is 0.680. The second-order valence-electron chi connectivity index (χ2n) is 4.26. The van der Waals surface area contributed by atoms with Gasteiger partial charge in [0.05, 0.1) is 5.69 Å². The molecule has 0 spiro atoms. The molecule has 5 N–H and O–H groups in total. The molecule has 0 saturated heterocycles. The molecule has 1 aromatic rings. The Bertz CT molecular complexity index is 513. The number of primary sulfonamides is 1. The molecule has 0 aromatic heterocycles. The van der Waals surface area contributed by atoms with Gasteiger partial charge in [-0.1, -0.05) is 6.92 Å². The van der Waals surface area contributed by atoms with Gasteiger partial charge in [-0.15, -0.1) is 0 Å². The molecule has 1 fully saturated rings. The van der Waals surface area contributed by atoms with Crippen LogP contribution >= 0.6 is 0 Å². The summed E-state index contributed by atoms with van der Waals surface area (Å²) < 4.78 is 22.3.